The first-order chi connectivity index (χ1) is 10.1. The summed E-state index contributed by atoms with van der Waals surface area (Å²) < 4.78 is 1.34. The number of carboxylic acid groups (broad SMARTS) is 1. The third-order valence-corrected chi connectivity index (χ3v) is 3.04. The van der Waals surface area contributed by atoms with E-state index in [9.17, 15) is 14.7 Å². The second-order valence-corrected chi connectivity index (χ2v) is 4.47. The number of benzene rings is 1. The van der Waals surface area contributed by atoms with Gasteiger partial charge in [-0.1, -0.05) is 35.5 Å². The van der Waals surface area contributed by atoms with Gasteiger partial charge in [-0.15, -0.1) is 5.10 Å². The lowest BCUT2D eigenvalue weighted by molar-refractivity contribution is -0.124. The molecule has 1 heterocycles. The van der Waals surface area contributed by atoms with Crippen LogP contribution in [0.4, 0.5) is 0 Å². The molecule has 0 aliphatic heterocycles. The average Bonchev–Trinajstić information content (AvgIpc) is 2.92. The molecule has 0 spiro atoms. The minimum atomic E-state index is -1.18. The van der Waals surface area contributed by atoms with E-state index in [0.717, 1.165) is 0 Å². The van der Waals surface area contributed by atoms with Gasteiger partial charge in [0, 0.05) is 12.1 Å². The Bertz CT molecular complexity index is 651. The number of nitrogens with one attached hydrogen (secondary N) is 1. The Morgan fingerprint density at radius 3 is 2.57 bits per heavy atom. The molecule has 2 aromatic rings. The summed E-state index contributed by atoms with van der Waals surface area (Å²) >= 11 is 0. The fourth-order valence-corrected chi connectivity index (χ4v) is 2.01. The van der Waals surface area contributed by atoms with Gasteiger partial charge in [-0.2, -0.15) is 0 Å². The standard InChI is InChI=1S/C14H16N4O3/c1-3-15-13(19)9(2)18-12(10-7-5-4-6-8-10)11(14(20)21)16-17-18/h4-9H,3H2,1-2H3,(H,15,19)(H,20,21). The monoisotopic (exact) mass is 288 g/mol. The van der Waals surface area contributed by atoms with Crippen molar-refractivity contribution in [1.29, 1.82) is 0 Å². The Balaban J connectivity index is 2.53. The number of carbonyl (C=O) groups is 2. The van der Waals surface area contributed by atoms with Gasteiger partial charge in [-0.05, 0) is 13.8 Å². The van der Waals surface area contributed by atoms with Crippen LogP contribution in [0, 0.1) is 0 Å². The van der Waals surface area contributed by atoms with Gasteiger partial charge in [-0.3, -0.25) is 4.79 Å². The number of rotatable bonds is 5. The molecule has 1 amide bonds. The molecule has 1 aromatic carbocycles. The van der Waals surface area contributed by atoms with E-state index in [0.29, 0.717) is 17.8 Å². The molecule has 7 nitrogen and oxygen atoms in total. The minimum Gasteiger partial charge on any atom is -0.476 e. The molecule has 0 radical (unpaired) electrons. The summed E-state index contributed by atoms with van der Waals surface area (Å²) in [4.78, 5) is 23.3. The highest BCUT2D eigenvalue weighted by Crippen LogP contribution is 2.25. The van der Waals surface area contributed by atoms with Crippen LogP contribution in [0.1, 0.15) is 30.4 Å². The average molecular weight is 288 g/mol. The summed E-state index contributed by atoms with van der Waals surface area (Å²) in [5.74, 6) is -1.42. The molecule has 1 atom stereocenters. The zero-order chi connectivity index (χ0) is 15.4. The van der Waals surface area contributed by atoms with Crippen molar-refractivity contribution in [2.45, 2.75) is 19.9 Å². The Hall–Kier alpha value is -2.70. The number of carbonyl (C=O) groups excluding carboxylic acids is 1. The molecule has 0 aliphatic rings. The summed E-state index contributed by atoms with van der Waals surface area (Å²) in [5.41, 5.74) is 0.801. The summed E-state index contributed by atoms with van der Waals surface area (Å²) in [6.07, 6.45) is 0. The number of amides is 1. The van der Waals surface area contributed by atoms with Crippen molar-refractivity contribution < 1.29 is 14.7 Å². The van der Waals surface area contributed by atoms with Crippen molar-refractivity contribution in [3.8, 4) is 11.3 Å². The summed E-state index contributed by atoms with van der Waals surface area (Å²) in [5, 5.41) is 19.5. The fraction of sp³-hybridized carbons (Fsp3) is 0.286. The lowest BCUT2D eigenvalue weighted by atomic mass is 10.1. The summed E-state index contributed by atoms with van der Waals surface area (Å²) in [7, 11) is 0. The van der Waals surface area contributed by atoms with E-state index in [1.165, 1.54) is 4.68 Å². The van der Waals surface area contributed by atoms with Gasteiger partial charge in [-0.25, -0.2) is 9.48 Å². The van der Waals surface area contributed by atoms with Gasteiger partial charge in [0.15, 0.2) is 5.69 Å². The number of hydrogen-bond acceptors (Lipinski definition) is 4. The number of aromatic nitrogens is 3. The maximum absolute atomic E-state index is 12.0. The van der Waals surface area contributed by atoms with Gasteiger partial charge in [0.2, 0.25) is 5.91 Å². The van der Waals surface area contributed by atoms with Crippen molar-refractivity contribution in [3.05, 3.63) is 36.0 Å². The van der Waals surface area contributed by atoms with Gasteiger partial charge in [0.1, 0.15) is 11.7 Å². The van der Waals surface area contributed by atoms with E-state index < -0.39 is 12.0 Å². The van der Waals surface area contributed by atoms with Crippen molar-refractivity contribution in [2.75, 3.05) is 6.54 Å². The molecule has 0 saturated heterocycles. The molecule has 0 saturated carbocycles. The number of nitrogens with zero attached hydrogens (tertiary/aromatic N) is 3. The number of likely N-dealkylation sites (N-methyl/N-ethyl adjacent to an activating group) is 1. The smallest absolute Gasteiger partial charge is 0.358 e. The van der Waals surface area contributed by atoms with Crippen LogP contribution in [-0.2, 0) is 4.79 Å². The van der Waals surface area contributed by atoms with Crippen LogP contribution in [0.2, 0.25) is 0 Å². The third kappa shape index (κ3) is 2.91. The van der Waals surface area contributed by atoms with Gasteiger partial charge >= 0.3 is 5.97 Å². The predicted molar refractivity (Wildman–Crippen MR) is 75.8 cm³/mol. The second kappa shape index (κ2) is 6.17. The Kier molecular flexibility index (Phi) is 4.32. The molecule has 110 valence electrons. The van der Waals surface area contributed by atoms with Crippen molar-refractivity contribution in [2.24, 2.45) is 0 Å². The van der Waals surface area contributed by atoms with Crippen molar-refractivity contribution >= 4 is 11.9 Å². The minimum absolute atomic E-state index is 0.169. The SMILES string of the molecule is CCNC(=O)C(C)n1nnc(C(=O)O)c1-c1ccccc1. The highest BCUT2D eigenvalue weighted by Gasteiger charge is 2.26. The van der Waals surface area contributed by atoms with Crippen LogP contribution in [0.15, 0.2) is 30.3 Å². The molecule has 1 unspecified atom stereocenters. The van der Waals surface area contributed by atoms with Gasteiger partial charge in [0.05, 0.1) is 0 Å². The van der Waals surface area contributed by atoms with E-state index in [1.807, 2.05) is 13.0 Å². The normalized spacial score (nSPS) is 11.9. The van der Waals surface area contributed by atoms with Crippen LogP contribution < -0.4 is 5.32 Å². The lowest BCUT2D eigenvalue weighted by Crippen LogP contribution is -2.31. The van der Waals surface area contributed by atoms with Gasteiger partial charge < -0.3 is 10.4 Å². The van der Waals surface area contributed by atoms with E-state index in [-0.39, 0.29) is 11.6 Å². The molecule has 21 heavy (non-hydrogen) atoms. The summed E-state index contributed by atoms with van der Waals surface area (Å²) in [6, 6.07) is 8.26. The predicted octanol–water partition coefficient (Wildman–Crippen LogP) is 1.34. The first kappa shape index (κ1) is 14.7. The number of aromatic carboxylic acids is 1. The fourth-order valence-electron chi connectivity index (χ4n) is 2.01. The molecular formula is C14H16N4O3. The largest absolute Gasteiger partial charge is 0.476 e. The summed E-state index contributed by atoms with van der Waals surface area (Å²) in [6.45, 7) is 3.95. The molecule has 0 fully saturated rings. The van der Waals surface area contributed by atoms with Crippen molar-refractivity contribution in [1.82, 2.24) is 20.3 Å². The maximum atomic E-state index is 12.0. The molecule has 7 heteroatoms. The van der Waals surface area contributed by atoms with Crippen LogP contribution in [0.3, 0.4) is 0 Å². The van der Waals surface area contributed by atoms with E-state index in [2.05, 4.69) is 15.6 Å². The zero-order valence-corrected chi connectivity index (χ0v) is 11.8. The molecule has 0 bridgehead atoms. The molecule has 2 N–H and O–H groups in total. The molecule has 0 aliphatic carbocycles. The molecular weight excluding hydrogens is 272 g/mol. The highest BCUT2D eigenvalue weighted by molar-refractivity contribution is 5.93. The van der Waals surface area contributed by atoms with Crippen LogP contribution in [0.25, 0.3) is 11.3 Å². The number of carboxylic acids is 1. The molecule has 1 aromatic heterocycles. The molecule has 2 rings (SSSR count). The van der Waals surface area contributed by atoms with E-state index in [1.54, 1.807) is 31.2 Å². The highest BCUT2D eigenvalue weighted by atomic mass is 16.4. The Labute approximate surface area is 121 Å². The topological polar surface area (TPSA) is 97.1 Å². The van der Waals surface area contributed by atoms with E-state index >= 15 is 0 Å². The lowest BCUT2D eigenvalue weighted by Gasteiger charge is -2.14. The van der Waals surface area contributed by atoms with Crippen LogP contribution in [0.5, 0.6) is 0 Å². The second-order valence-electron chi connectivity index (χ2n) is 4.47. The third-order valence-electron chi connectivity index (χ3n) is 3.04. The Morgan fingerprint density at radius 1 is 1.33 bits per heavy atom. The van der Waals surface area contributed by atoms with Crippen LogP contribution >= 0.6 is 0 Å². The quantitative estimate of drug-likeness (QED) is 0.865. The van der Waals surface area contributed by atoms with Gasteiger partial charge in [0.25, 0.3) is 0 Å². The van der Waals surface area contributed by atoms with E-state index in [4.69, 9.17) is 0 Å². The van der Waals surface area contributed by atoms with Crippen LogP contribution in [-0.4, -0.2) is 38.5 Å². The maximum Gasteiger partial charge on any atom is 0.358 e. The number of hydrogen-bond donors (Lipinski definition) is 2. The van der Waals surface area contributed by atoms with Crippen molar-refractivity contribution in [3.63, 3.8) is 0 Å². The zero-order valence-electron chi connectivity index (χ0n) is 11.8. The first-order valence-electron chi connectivity index (χ1n) is 6.57. The Morgan fingerprint density at radius 2 is 2.00 bits per heavy atom. The first-order valence-corrected chi connectivity index (χ1v) is 6.57.